The summed E-state index contributed by atoms with van der Waals surface area (Å²) in [6, 6.07) is 2.84. The second-order valence-electron chi connectivity index (χ2n) is 3.73. The standard InChI is InChI=1S/C12H11F5O/c1-7(2)8-3-9(12(15,16)17)5-10(4-8)18-6-11(13)14/h3-5,11H,1,6H2,2H3. The quantitative estimate of drug-likeness (QED) is 0.735. The predicted molar refractivity (Wildman–Crippen MR) is 57.7 cm³/mol. The number of ether oxygens (including phenoxy) is 1. The van der Waals surface area contributed by atoms with E-state index in [1.807, 2.05) is 0 Å². The van der Waals surface area contributed by atoms with Crippen LogP contribution in [0.25, 0.3) is 5.57 Å². The highest BCUT2D eigenvalue weighted by Crippen LogP contribution is 2.34. The van der Waals surface area contributed by atoms with Crippen LogP contribution in [0.3, 0.4) is 0 Å². The summed E-state index contributed by atoms with van der Waals surface area (Å²) in [4.78, 5) is 0. The Kier molecular flexibility index (Phi) is 4.32. The summed E-state index contributed by atoms with van der Waals surface area (Å²) in [5.74, 6) is -0.247. The van der Waals surface area contributed by atoms with Gasteiger partial charge in [-0.2, -0.15) is 13.2 Å². The van der Waals surface area contributed by atoms with Gasteiger partial charge >= 0.3 is 6.18 Å². The van der Waals surface area contributed by atoms with Crippen LogP contribution in [0.15, 0.2) is 24.8 Å². The van der Waals surface area contributed by atoms with Crippen molar-refractivity contribution in [2.24, 2.45) is 0 Å². The van der Waals surface area contributed by atoms with Gasteiger partial charge in [-0.25, -0.2) is 8.78 Å². The molecule has 0 heterocycles. The van der Waals surface area contributed by atoms with E-state index in [0.29, 0.717) is 11.6 Å². The lowest BCUT2D eigenvalue weighted by Crippen LogP contribution is -2.10. The zero-order valence-corrected chi connectivity index (χ0v) is 9.52. The molecule has 0 fully saturated rings. The van der Waals surface area contributed by atoms with Crippen LogP contribution in [0.5, 0.6) is 5.75 Å². The molecule has 0 aliphatic carbocycles. The van der Waals surface area contributed by atoms with E-state index in [1.54, 1.807) is 0 Å². The number of hydrogen-bond donors (Lipinski definition) is 0. The number of hydrogen-bond acceptors (Lipinski definition) is 1. The second kappa shape index (κ2) is 5.37. The van der Waals surface area contributed by atoms with Crippen molar-refractivity contribution in [3.05, 3.63) is 35.9 Å². The van der Waals surface area contributed by atoms with Crippen molar-refractivity contribution in [3.8, 4) is 5.75 Å². The van der Waals surface area contributed by atoms with Crippen LogP contribution in [0.2, 0.25) is 0 Å². The molecule has 1 nitrogen and oxygen atoms in total. The van der Waals surface area contributed by atoms with E-state index in [1.165, 1.54) is 13.0 Å². The second-order valence-corrected chi connectivity index (χ2v) is 3.73. The zero-order chi connectivity index (χ0) is 13.9. The van der Waals surface area contributed by atoms with Crippen molar-refractivity contribution in [3.63, 3.8) is 0 Å². The SMILES string of the molecule is C=C(C)c1cc(OCC(F)F)cc(C(F)(F)F)c1. The van der Waals surface area contributed by atoms with Crippen LogP contribution in [0.4, 0.5) is 22.0 Å². The fourth-order valence-corrected chi connectivity index (χ4v) is 1.25. The van der Waals surface area contributed by atoms with E-state index >= 15 is 0 Å². The smallest absolute Gasteiger partial charge is 0.416 e. The third-order valence-corrected chi connectivity index (χ3v) is 2.10. The lowest BCUT2D eigenvalue weighted by molar-refractivity contribution is -0.137. The summed E-state index contributed by atoms with van der Waals surface area (Å²) in [5, 5.41) is 0. The maximum atomic E-state index is 12.6. The van der Waals surface area contributed by atoms with Gasteiger partial charge in [0.15, 0.2) is 0 Å². The zero-order valence-electron chi connectivity index (χ0n) is 9.52. The molecule has 0 aliphatic heterocycles. The van der Waals surface area contributed by atoms with Crippen LogP contribution in [0.1, 0.15) is 18.1 Å². The number of rotatable bonds is 4. The molecule has 100 valence electrons. The average Bonchev–Trinajstić information content (AvgIpc) is 2.24. The first-order valence-corrected chi connectivity index (χ1v) is 4.99. The molecule has 0 atom stereocenters. The third kappa shape index (κ3) is 4.01. The van der Waals surface area contributed by atoms with E-state index in [0.717, 1.165) is 6.07 Å². The summed E-state index contributed by atoms with van der Waals surface area (Å²) >= 11 is 0. The summed E-state index contributed by atoms with van der Waals surface area (Å²) < 4.78 is 66.2. The lowest BCUT2D eigenvalue weighted by atomic mass is 10.0. The van der Waals surface area contributed by atoms with Gasteiger partial charge in [0.1, 0.15) is 12.4 Å². The molecule has 0 aliphatic rings. The minimum absolute atomic E-state index is 0.203. The average molecular weight is 266 g/mol. The molecular weight excluding hydrogens is 255 g/mol. The molecule has 1 rings (SSSR count). The maximum absolute atomic E-state index is 12.6. The molecule has 0 spiro atoms. The molecule has 1 aromatic carbocycles. The van der Waals surface area contributed by atoms with Crippen LogP contribution in [0, 0.1) is 0 Å². The Labute approximate surface area is 101 Å². The Hall–Kier alpha value is -1.59. The van der Waals surface area contributed by atoms with Gasteiger partial charge in [0, 0.05) is 0 Å². The molecule has 0 unspecified atom stereocenters. The summed E-state index contributed by atoms with van der Waals surface area (Å²) in [7, 11) is 0. The Morgan fingerprint density at radius 2 is 1.89 bits per heavy atom. The first-order valence-electron chi connectivity index (χ1n) is 4.99. The molecule has 18 heavy (non-hydrogen) atoms. The molecule has 0 N–H and O–H groups in total. The van der Waals surface area contributed by atoms with Crippen molar-refractivity contribution in [1.82, 2.24) is 0 Å². The first-order chi connectivity index (χ1) is 8.20. The number of alkyl halides is 5. The van der Waals surface area contributed by atoms with Crippen LogP contribution in [-0.2, 0) is 6.18 Å². The normalized spacial score (nSPS) is 11.7. The molecule has 0 aromatic heterocycles. The van der Waals surface area contributed by atoms with Crippen LogP contribution >= 0.6 is 0 Å². The molecule has 1 aromatic rings. The van der Waals surface area contributed by atoms with Gasteiger partial charge in [-0.3, -0.25) is 0 Å². The van der Waals surface area contributed by atoms with Crippen molar-refractivity contribution in [1.29, 1.82) is 0 Å². The molecule has 0 bridgehead atoms. The maximum Gasteiger partial charge on any atom is 0.416 e. The number of halogens is 5. The summed E-state index contributed by atoms with van der Waals surface area (Å²) in [5.41, 5.74) is -0.357. The molecule has 0 radical (unpaired) electrons. The van der Waals surface area contributed by atoms with Crippen LogP contribution < -0.4 is 4.74 Å². The largest absolute Gasteiger partial charge is 0.488 e. The molecule has 0 amide bonds. The minimum Gasteiger partial charge on any atom is -0.488 e. The van der Waals surface area contributed by atoms with E-state index in [4.69, 9.17) is 0 Å². The predicted octanol–water partition coefficient (Wildman–Crippen LogP) is 4.38. The van der Waals surface area contributed by atoms with Gasteiger partial charge in [-0.1, -0.05) is 12.2 Å². The highest BCUT2D eigenvalue weighted by Gasteiger charge is 2.31. The van der Waals surface area contributed by atoms with E-state index in [9.17, 15) is 22.0 Å². The Morgan fingerprint density at radius 1 is 1.28 bits per heavy atom. The minimum atomic E-state index is -4.56. The van der Waals surface area contributed by atoms with Gasteiger partial charge in [-0.15, -0.1) is 0 Å². The van der Waals surface area contributed by atoms with Gasteiger partial charge in [0.2, 0.25) is 0 Å². The van der Waals surface area contributed by atoms with Gasteiger partial charge < -0.3 is 4.74 Å². The Balaban J connectivity index is 3.10. The van der Waals surface area contributed by atoms with Crippen molar-refractivity contribution >= 4 is 5.57 Å². The number of allylic oxidation sites excluding steroid dienone is 1. The third-order valence-electron chi connectivity index (χ3n) is 2.10. The highest BCUT2D eigenvalue weighted by molar-refractivity contribution is 5.63. The highest BCUT2D eigenvalue weighted by atomic mass is 19.4. The topological polar surface area (TPSA) is 9.23 Å². The van der Waals surface area contributed by atoms with E-state index in [-0.39, 0.29) is 11.3 Å². The van der Waals surface area contributed by atoms with E-state index in [2.05, 4.69) is 11.3 Å². The summed E-state index contributed by atoms with van der Waals surface area (Å²) in [6.07, 6.45) is -7.30. The Bertz CT molecular complexity index is 437. The lowest BCUT2D eigenvalue weighted by Gasteiger charge is -2.13. The summed E-state index contributed by atoms with van der Waals surface area (Å²) in [6.45, 7) is 4.09. The van der Waals surface area contributed by atoms with Gasteiger partial charge in [0.05, 0.1) is 5.56 Å². The van der Waals surface area contributed by atoms with Gasteiger partial charge in [0.25, 0.3) is 6.43 Å². The van der Waals surface area contributed by atoms with E-state index < -0.39 is 24.8 Å². The monoisotopic (exact) mass is 266 g/mol. The van der Waals surface area contributed by atoms with Crippen molar-refractivity contribution < 1.29 is 26.7 Å². The van der Waals surface area contributed by atoms with Crippen molar-refractivity contribution in [2.75, 3.05) is 6.61 Å². The molecule has 0 saturated carbocycles. The molecule has 6 heteroatoms. The fraction of sp³-hybridized carbons (Fsp3) is 0.333. The fourth-order valence-electron chi connectivity index (χ4n) is 1.25. The first kappa shape index (κ1) is 14.5. The Morgan fingerprint density at radius 3 is 2.33 bits per heavy atom. The van der Waals surface area contributed by atoms with Gasteiger partial charge in [-0.05, 0) is 30.7 Å². The molecule has 0 saturated heterocycles. The van der Waals surface area contributed by atoms with Crippen molar-refractivity contribution in [2.45, 2.75) is 19.5 Å². The molecular formula is C12H11F5O. The van der Waals surface area contributed by atoms with Crippen LogP contribution in [-0.4, -0.2) is 13.0 Å². The number of benzene rings is 1.